The highest BCUT2D eigenvalue weighted by molar-refractivity contribution is 5.97. The predicted molar refractivity (Wildman–Crippen MR) is 204 cm³/mol. The van der Waals surface area contributed by atoms with Crippen molar-refractivity contribution in [3.8, 4) is 5.75 Å². The fraction of sp³-hybridized carbons (Fsp3) is 0.415. The lowest BCUT2D eigenvalue weighted by Crippen LogP contribution is -2.55. The maximum Gasteiger partial charge on any atom is 0.416 e. The van der Waals surface area contributed by atoms with Gasteiger partial charge in [-0.15, -0.1) is 0 Å². The van der Waals surface area contributed by atoms with Crippen LogP contribution in [0.5, 0.6) is 5.75 Å². The van der Waals surface area contributed by atoms with Crippen molar-refractivity contribution in [2.24, 2.45) is 17.4 Å². The third-order valence-corrected chi connectivity index (χ3v) is 9.94. The molecular weight excluding hydrogens is 745 g/mol. The average molecular weight is 795 g/mol. The molecule has 0 spiro atoms. The van der Waals surface area contributed by atoms with Crippen LogP contribution in [0, 0.1) is 19.8 Å². The van der Waals surface area contributed by atoms with Gasteiger partial charge < -0.3 is 37.8 Å². The molecule has 3 aromatic rings. The van der Waals surface area contributed by atoms with Crippen LogP contribution in [0.15, 0.2) is 66.7 Å². The molecule has 1 fully saturated rings. The Morgan fingerprint density at radius 1 is 0.877 bits per heavy atom. The van der Waals surface area contributed by atoms with Crippen molar-refractivity contribution < 1.29 is 47.0 Å². The number of aromatic hydroxyl groups is 1. The summed E-state index contributed by atoms with van der Waals surface area (Å²) in [5.74, 6) is -5.49. The van der Waals surface area contributed by atoms with E-state index in [-0.39, 0.29) is 50.0 Å². The first kappa shape index (κ1) is 44.0. The van der Waals surface area contributed by atoms with Crippen molar-refractivity contribution in [3.63, 3.8) is 0 Å². The number of amides is 5. The lowest BCUT2D eigenvalue weighted by atomic mass is 9.89. The zero-order chi connectivity index (χ0) is 41.9. The lowest BCUT2D eigenvalue weighted by molar-refractivity contribution is -0.137. The molecule has 4 rings (SSSR count). The Morgan fingerprint density at radius 3 is 2.12 bits per heavy atom. The number of carbonyl (C=O) groups excluding carboxylic acids is 6. The molecule has 5 atom stereocenters. The summed E-state index contributed by atoms with van der Waals surface area (Å²) in [5.41, 5.74) is 14.0. The van der Waals surface area contributed by atoms with E-state index in [1.807, 2.05) is 0 Å². The topological polar surface area (TPSA) is 223 Å². The third kappa shape index (κ3) is 13.2. The van der Waals surface area contributed by atoms with Gasteiger partial charge in [0, 0.05) is 18.9 Å². The zero-order valence-electron chi connectivity index (χ0n) is 31.8. The van der Waals surface area contributed by atoms with Gasteiger partial charge in [-0.1, -0.05) is 42.5 Å². The SMILES string of the molecule is Cc1cc(O)cc(C)c1C[C@@H](N)C(=O)N[C@@H]1CCCCNC(=O)C[C@@H](C(N)=O)NC(=O)[C@H](Cc2ccccc2)CC(=O)[C@H](Cc2ccc(C(F)(F)F)cc2)NC1=O. The van der Waals surface area contributed by atoms with E-state index in [1.165, 1.54) is 12.1 Å². The highest BCUT2D eigenvalue weighted by Crippen LogP contribution is 2.29. The number of ketones is 1. The van der Waals surface area contributed by atoms with Crippen LogP contribution in [0.25, 0.3) is 0 Å². The molecular formula is C41H49F3N6O7. The number of carbonyl (C=O) groups is 6. The van der Waals surface area contributed by atoms with Crippen molar-refractivity contribution in [2.45, 2.75) is 95.6 Å². The zero-order valence-corrected chi connectivity index (χ0v) is 31.8. The maximum absolute atomic E-state index is 14.2. The number of phenolic OH excluding ortho intramolecular Hbond substituents is 1. The molecule has 57 heavy (non-hydrogen) atoms. The number of primary amides is 1. The minimum atomic E-state index is -4.61. The summed E-state index contributed by atoms with van der Waals surface area (Å²) in [7, 11) is 0. The number of alkyl halides is 3. The molecule has 5 amide bonds. The van der Waals surface area contributed by atoms with Gasteiger partial charge in [0.25, 0.3) is 0 Å². The van der Waals surface area contributed by atoms with E-state index in [9.17, 15) is 47.0 Å². The molecule has 9 N–H and O–H groups in total. The Hall–Kier alpha value is -5.77. The summed E-state index contributed by atoms with van der Waals surface area (Å²) < 4.78 is 40.1. The number of rotatable bonds is 9. The van der Waals surface area contributed by atoms with Crippen LogP contribution in [-0.2, 0) is 54.2 Å². The summed E-state index contributed by atoms with van der Waals surface area (Å²) in [6.07, 6.45) is -5.10. The number of Topliss-reactive ketones (excluding diaryl/α,β-unsaturated/α-hetero) is 1. The third-order valence-electron chi connectivity index (χ3n) is 9.94. The first-order valence-corrected chi connectivity index (χ1v) is 18.7. The van der Waals surface area contributed by atoms with E-state index >= 15 is 0 Å². The number of benzene rings is 3. The summed E-state index contributed by atoms with van der Waals surface area (Å²) in [4.78, 5) is 80.7. The summed E-state index contributed by atoms with van der Waals surface area (Å²) in [6, 6.07) is 10.7. The van der Waals surface area contributed by atoms with Crippen LogP contribution < -0.4 is 32.7 Å². The summed E-state index contributed by atoms with van der Waals surface area (Å²) >= 11 is 0. The van der Waals surface area contributed by atoms with E-state index in [0.717, 1.165) is 17.7 Å². The molecule has 0 saturated carbocycles. The van der Waals surface area contributed by atoms with Crippen molar-refractivity contribution in [1.29, 1.82) is 0 Å². The first-order chi connectivity index (χ1) is 26.9. The Balaban J connectivity index is 1.68. The number of halogens is 3. The standard InChI is InChI=1S/C41H49F3N6O7/c1-23-16-29(51)17-24(2)30(23)21-31(45)39(56)48-32-10-6-7-15-47-36(53)22-34(37(46)54)50-38(55)27(18-25-8-4-3-5-9-25)20-35(52)33(49-40(32)57)19-26-11-13-28(14-12-26)41(42,43)44/h3-5,8-9,11-14,16-17,27,31-34,51H,6-7,10,15,18-22,45H2,1-2H3,(H2,46,54)(H,47,53)(H,48,56)(H,49,57)(H,50,55)/t27-,31-,32-,33+,34+/m1/s1. The highest BCUT2D eigenvalue weighted by atomic mass is 19.4. The predicted octanol–water partition coefficient (Wildman–Crippen LogP) is 2.59. The van der Waals surface area contributed by atoms with E-state index in [2.05, 4.69) is 21.3 Å². The van der Waals surface area contributed by atoms with Gasteiger partial charge in [-0.2, -0.15) is 13.2 Å². The second-order valence-corrected chi connectivity index (χ2v) is 14.5. The van der Waals surface area contributed by atoms with Crippen LogP contribution in [-0.4, -0.2) is 71.1 Å². The van der Waals surface area contributed by atoms with Gasteiger partial charge in [0.2, 0.25) is 29.5 Å². The number of hydrogen-bond donors (Lipinski definition) is 7. The summed E-state index contributed by atoms with van der Waals surface area (Å²) in [6.45, 7) is 3.64. The maximum atomic E-state index is 14.2. The smallest absolute Gasteiger partial charge is 0.416 e. The average Bonchev–Trinajstić information content (AvgIpc) is 3.14. The molecule has 306 valence electrons. The number of nitrogens with two attached hydrogens (primary N) is 2. The van der Waals surface area contributed by atoms with Crippen molar-refractivity contribution in [2.75, 3.05) is 6.54 Å². The molecule has 1 aliphatic heterocycles. The van der Waals surface area contributed by atoms with Crippen molar-refractivity contribution in [3.05, 3.63) is 100 Å². The number of aryl methyl sites for hydroxylation is 2. The first-order valence-electron chi connectivity index (χ1n) is 18.7. The van der Waals surface area contributed by atoms with E-state index in [0.29, 0.717) is 23.1 Å². The van der Waals surface area contributed by atoms with Crippen LogP contribution in [0.4, 0.5) is 13.2 Å². The molecule has 0 unspecified atom stereocenters. The lowest BCUT2D eigenvalue weighted by Gasteiger charge is -2.26. The van der Waals surface area contributed by atoms with E-state index in [1.54, 1.807) is 56.3 Å². The van der Waals surface area contributed by atoms with Crippen LogP contribution >= 0.6 is 0 Å². The highest BCUT2D eigenvalue weighted by Gasteiger charge is 2.34. The molecule has 1 saturated heterocycles. The van der Waals surface area contributed by atoms with Gasteiger partial charge in [-0.05, 0) is 104 Å². The Labute approximate surface area is 328 Å². The Morgan fingerprint density at radius 2 is 1.51 bits per heavy atom. The van der Waals surface area contributed by atoms with Gasteiger partial charge >= 0.3 is 6.18 Å². The molecule has 0 bridgehead atoms. The van der Waals surface area contributed by atoms with Gasteiger partial charge in [-0.3, -0.25) is 28.8 Å². The minimum Gasteiger partial charge on any atom is -0.508 e. The molecule has 1 aliphatic rings. The number of phenols is 1. The van der Waals surface area contributed by atoms with E-state index < -0.39 is 90.0 Å². The quantitative estimate of drug-likeness (QED) is 0.170. The molecule has 13 nitrogen and oxygen atoms in total. The molecule has 16 heteroatoms. The minimum absolute atomic E-state index is 0.00753. The summed E-state index contributed by atoms with van der Waals surface area (Å²) in [5, 5.41) is 20.5. The number of nitrogens with one attached hydrogen (secondary N) is 4. The Kier molecular flexibility index (Phi) is 15.3. The van der Waals surface area contributed by atoms with Gasteiger partial charge in [0.05, 0.1) is 24.1 Å². The van der Waals surface area contributed by atoms with E-state index in [4.69, 9.17) is 11.5 Å². The van der Waals surface area contributed by atoms with Crippen molar-refractivity contribution in [1.82, 2.24) is 21.3 Å². The van der Waals surface area contributed by atoms with Gasteiger partial charge in [-0.25, -0.2) is 0 Å². The van der Waals surface area contributed by atoms with Crippen LogP contribution in [0.1, 0.15) is 65.5 Å². The number of hydrogen-bond acceptors (Lipinski definition) is 8. The fourth-order valence-corrected chi connectivity index (χ4v) is 6.75. The monoisotopic (exact) mass is 794 g/mol. The molecule has 1 heterocycles. The van der Waals surface area contributed by atoms with Crippen LogP contribution in [0.3, 0.4) is 0 Å². The second-order valence-electron chi connectivity index (χ2n) is 14.5. The van der Waals surface area contributed by atoms with Gasteiger partial charge in [0.1, 0.15) is 17.8 Å². The normalized spacial score (nSPS) is 21.0. The Bertz CT molecular complexity index is 1900. The molecule has 0 radical (unpaired) electrons. The molecule has 3 aromatic carbocycles. The van der Waals surface area contributed by atoms with Crippen molar-refractivity contribution >= 4 is 35.3 Å². The fourth-order valence-electron chi connectivity index (χ4n) is 6.75. The van der Waals surface area contributed by atoms with Gasteiger partial charge in [0.15, 0.2) is 5.78 Å². The largest absolute Gasteiger partial charge is 0.508 e. The van der Waals surface area contributed by atoms with Crippen LogP contribution in [0.2, 0.25) is 0 Å². The molecule has 0 aliphatic carbocycles. The molecule has 0 aromatic heterocycles. The second kappa shape index (κ2) is 19.9.